The number of carboxylic acids is 1. The normalized spacial score (nSPS) is 29.9. The third-order valence-electron chi connectivity index (χ3n) is 4.53. The molecule has 7 nitrogen and oxygen atoms in total. The van der Waals surface area contributed by atoms with Gasteiger partial charge in [0.15, 0.2) is 0 Å². The lowest BCUT2D eigenvalue weighted by atomic mass is 10.2. The Morgan fingerprint density at radius 3 is 2.71 bits per heavy atom. The smallest absolute Gasteiger partial charge is 0.326 e. The lowest BCUT2D eigenvalue weighted by molar-refractivity contribution is -0.141. The molecule has 21 heavy (non-hydrogen) atoms. The number of carbonyl (C=O) groups excluding carboxylic acids is 1. The fraction of sp³-hybridized carbons (Fsp3) is 0.857. The van der Waals surface area contributed by atoms with Crippen LogP contribution in [0.3, 0.4) is 0 Å². The number of rotatable bonds is 4. The van der Waals surface area contributed by atoms with Gasteiger partial charge in [0.1, 0.15) is 6.04 Å². The molecule has 0 aromatic heterocycles. The van der Waals surface area contributed by atoms with Gasteiger partial charge in [-0.15, -0.1) is 0 Å². The summed E-state index contributed by atoms with van der Waals surface area (Å²) in [5.41, 5.74) is 0. The predicted octanol–water partition coefficient (Wildman–Crippen LogP) is 0.0423. The van der Waals surface area contributed by atoms with E-state index in [9.17, 15) is 14.7 Å². The first-order valence-corrected chi connectivity index (χ1v) is 7.60. The highest BCUT2D eigenvalue weighted by molar-refractivity contribution is 5.83. The Hall–Kier alpha value is -1.34. The zero-order chi connectivity index (χ0) is 15.6. The van der Waals surface area contributed by atoms with Crippen LogP contribution in [0.25, 0.3) is 0 Å². The zero-order valence-corrected chi connectivity index (χ0v) is 12.7. The summed E-state index contributed by atoms with van der Waals surface area (Å²) >= 11 is 0. The second kappa shape index (κ2) is 6.62. The third kappa shape index (κ3) is 3.47. The number of aliphatic carboxylic acids is 1. The SMILES string of the molecule is CCN1CCCC1CN(C)C(=O)N1CC(O)C[C@H]1C(=O)O. The largest absolute Gasteiger partial charge is 0.480 e. The summed E-state index contributed by atoms with van der Waals surface area (Å²) in [5.74, 6) is -1.05. The molecule has 2 amide bonds. The monoisotopic (exact) mass is 299 g/mol. The standard InChI is InChI=1S/C14H25N3O4/c1-3-16-6-4-5-10(16)8-15(2)14(21)17-9-11(18)7-12(17)13(19)20/h10-12,18H,3-9H2,1-2H3,(H,19,20)/t10?,11?,12-/m0/s1. The number of aliphatic hydroxyl groups excluding tert-OH is 1. The Bertz CT molecular complexity index is 404. The number of hydrogen-bond acceptors (Lipinski definition) is 4. The number of urea groups is 1. The van der Waals surface area contributed by atoms with Gasteiger partial charge >= 0.3 is 12.0 Å². The number of β-amino-alcohol motifs (C(OH)–C–C–N with tert-alkyl or cyclic N) is 1. The maximum absolute atomic E-state index is 12.4. The van der Waals surface area contributed by atoms with Crippen molar-refractivity contribution in [3.05, 3.63) is 0 Å². The minimum Gasteiger partial charge on any atom is -0.480 e. The van der Waals surface area contributed by atoms with Crippen LogP contribution in [0.15, 0.2) is 0 Å². The van der Waals surface area contributed by atoms with Crippen molar-refractivity contribution in [3.8, 4) is 0 Å². The molecule has 2 fully saturated rings. The summed E-state index contributed by atoms with van der Waals surface area (Å²) in [4.78, 5) is 28.9. The number of nitrogens with zero attached hydrogens (tertiary/aromatic N) is 3. The summed E-state index contributed by atoms with van der Waals surface area (Å²) in [6.45, 7) is 4.83. The summed E-state index contributed by atoms with van der Waals surface area (Å²) in [7, 11) is 1.71. The molecule has 7 heteroatoms. The fourth-order valence-electron chi connectivity index (χ4n) is 3.39. The molecule has 2 saturated heterocycles. The number of carbonyl (C=O) groups is 2. The Morgan fingerprint density at radius 2 is 2.10 bits per heavy atom. The van der Waals surface area contributed by atoms with Gasteiger partial charge < -0.3 is 20.0 Å². The highest BCUT2D eigenvalue weighted by Gasteiger charge is 2.40. The quantitative estimate of drug-likeness (QED) is 0.766. The van der Waals surface area contributed by atoms with Crippen molar-refractivity contribution in [2.24, 2.45) is 0 Å². The Labute approximate surface area is 125 Å². The van der Waals surface area contributed by atoms with Crippen molar-refractivity contribution in [2.45, 2.75) is 44.4 Å². The molecule has 2 unspecified atom stereocenters. The van der Waals surface area contributed by atoms with Gasteiger partial charge in [-0.3, -0.25) is 4.90 Å². The van der Waals surface area contributed by atoms with Crippen LogP contribution in [0, 0.1) is 0 Å². The highest BCUT2D eigenvalue weighted by atomic mass is 16.4. The first-order valence-electron chi connectivity index (χ1n) is 7.60. The molecule has 120 valence electrons. The van der Waals surface area contributed by atoms with Crippen molar-refractivity contribution in [1.82, 2.24) is 14.7 Å². The lowest BCUT2D eigenvalue weighted by Gasteiger charge is -2.31. The molecular weight excluding hydrogens is 274 g/mol. The second-order valence-corrected chi connectivity index (χ2v) is 5.98. The van der Waals surface area contributed by atoms with Crippen LogP contribution >= 0.6 is 0 Å². The van der Waals surface area contributed by atoms with E-state index in [-0.39, 0.29) is 19.0 Å². The maximum Gasteiger partial charge on any atom is 0.326 e. The second-order valence-electron chi connectivity index (χ2n) is 5.98. The molecule has 0 spiro atoms. The van der Waals surface area contributed by atoms with Crippen LogP contribution in [-0.2, 0) is 4.79 Å². The number of likely N-dealkylation sites (tertiary alicyclic amines) is 2. The van der Waals surface area contributed by atoms with Crippen LogP contribution in [0.5, 0.6) is 0 Å². The number of aliphatic hydroxyl groups is 1. The fourth-order valence-corrected chi connectivity index (χ4v) is 3.39. The van der Waals surface area contributed by atoms with Gasteiger partial charge in [-0.2, -0.15) is 0 Å². The van der Waals surface area contributed by atoms with Crippen LogP contribution < -0.4 is 0 Å². The van der Waals surface area contributed by atoms with Crippen molar-refractivity contribution in [3.63, 3.8) is 0 Å². The van der Waals surface area contributed by atoms with Crippen LogP contribution in [-0.4, -0.2) is 88.3 Å². The number of hydrogen-bond donors (Lipinski definition) is 2. The maximum atomic E-state index is 12.4. The van der Waals surface area contributed by atoms with E-state index in [4.69, 9.17) is 5.11 Å². The average Bonchev–Trinajstić information content (AvgIpc) is 3.03. The molecule has 2 aliphatic rings. The minimum atomic E-state index is -1.05. The van der Waals surface area contributed by atoms with E-state index < -0.39 is 18.1 Å². The van der Waals surface area contributed by atoms with Crippen molar-refractivity contribution in [1.29, 1.82) is 0 Å². The van der Waals surface area contributed by atoms with Crippen LogP contribution in [0.1, 0.15) is 26.2 Å². The van der Waals surface area contributed by atoms with Gasteiger partial charge in [0.25, 0.3) is 0 Å². The van der Waals surface area contributed by atoms with Gasteiger partial charge in [-0.25, -0.2) is 9.59 Å². The van der Waals surface area contributed by atoms with E-state index in [0.717, 1.165) is 25.9 Å². The van der Waals surface area contributed by atoms with E-state index in [2.05, 4.69) is 11.8 Å². The molecule has 0 aliphatic carbocycles. The number of amides is 2. The van der Waals surface area contributed by atoms with E-state index in [0.29, 0.717) is 12.6 Å². The van der Waals surface area contributed by atoms with Gasteiger partial charge in [-0.1, -0.05) is 6.92 Å². The first kappa shape index (κ1) is 16.0. The van der Waals surface area contributed by atoms with Crippen LogP contribution in [0.4, 0.5) is 4.79 Å². The molecular formula is C14H25N3O4. The summed E-state index contributed by atoms with van der Waals surface area (Å²) in [6.07, 6.45) is 1.57. The summed E-state index contributed by atoms with van der Waals surface area (Å²) < 4.78 is 0. The molecule has 2 heterocycles. The molecule has 3 atom stereocenters. The highest BCUT2D eigenvalue weighted by Crippen LogP contribution is 2.22. The molecule has 0 saturated carbocycles. The van der Waals surface area contributed by atoms with Gasteiger partial charge in [0, 0.05) is 32.6 Å². The molecule has 2 N–H and O–H groups in total. The molecule has 2 rings (SSSR count). The zero-order valence-electron chi connectivity index (χ0n) is 12.7. The van der Waals surface area contributed by atoms with Crippen molar-refractivity contribution in [2.75, 3.05) is 33.2 Å². The lowest BCUT2D eigenvalue weighted by Crippen LogP contribution is -2.50. The molecule has 2 aliphatic heterocycles. The van der Waals surface area contributed by atoms with Gasteiger partial charge in [0.2, 0.25) is 0 Å². The summed E-state index contributed by atoms with van der Waals surface area (Å²) in [5, 5.41) is 18.8. The molecule has 0 radical (unpaired) electrons. The first-order chi connectivity index (χ1) is 9.93. The van der Waals surface area contributed by atoms with E-state index in [1.54, 1.807) is 11.9 Å². The Morgan fingerprint density at radius 1 is 1.38 bits per heavy atom. The van der Waals surface area contributed by atoms with Crippen LogP contribution in [0.2, 0.25) is 0 Å². The molecule has 0 aromatic carbocycles. The van der Waals surface area contributed by atoms with Crippen molar-refractivity contribution < 1.29 is 19.8 Å². The minimum absolute atomic E-state index is 0.0995. The van der Waals surface area contributed by atoms with Crippen molar-refractivity contribution >= 4 is 12.0 Å². The van der Waals surface area contributed by atoms with Gasteiger partial charge in [-0.05, 0) is 25.9 Å². The predicted molar refractivity (Wildman–Crippen MR) is 77.0 cm³/mol. The van der Waals surface area contributed by atoms with E-state index in [1.165, 1.54) is 4.90 Å². The topological polar surface area (TPSA) is 84.3 Å². The van der Waals surface area contributed by atoms with Gasteiger partial charge in [0.05, 0.1) is 6.10 Å². The molecule has 0 bridgehead atoms. The third-order valence-corrected chi connectivity index (χ3v) is 4.53. The van der Waals surface area contributed by atoms with E-state index in [1.807, 2.05) is 0 Å². The summed E-state index contributed by atoms with van der Waals surface area (Å²) in [6, 6.07) is -0.873. The number of likely N-dealkylation sites (N-methyl/N-ethyl adjacent to an activating group) is 2. The average molecular weight is 299 g/mol. The van der Waals surface area contributed by atoms with E-state index >= 15 is 0 Å². The Balaban J connectivity index is 1.97. The number of carboxylic acid groups (broad SMARTS) is 1. The Kier molecular flexibility index (Phi) is 5.05. The molecule has 0 aromatic rings.